The molecule has 0 aromatic carbocycles. The van der Waals surface area contributed by atoms with Gasteiger partial charge in [0.2, 0.25) is 5.91 Å². The molecule has 2 heterocycles. The van der Waals surface area contributed by atoms with Crippen LogP contribution in [0.5, 0.6) is 0 Å². The van der Waals surface area contributed by atoms with Crippen LogP contribution in [0, 0.1) is 5.92 Å². The third kappa shape index (κ3) is 9.33. The van der Waals surface area contributed by atoms with E-state index in [9.17, 15) is 9.59 Å². The molecule has 0 aliphatic carbocycles. The van der Waals surface area contributed by atoms with Gasteiger partial charge in [-0.25, -0.2) is 4.79 Å². The number of hydrogen-bond acceptors (Lipinski definition) is 5. The molecule has 0 aromatic heterocycles. The largest absolute Gasteiger partial charge is 0.444 e. The van der Waals surface area contributed by atoms with Crippen molar-refractivity contribution in [1.82, 2.24) is 20.0 Å². The first-order chi connectivity index (χ1) is 14.7. The van der Waals surface area contributed by atoms with E-state index in [-0.39, 0.29) is 12.0 Å². The van der Waals surface area contributed by atoms with Crippen molar-refractivity contribution in [3.8, 4) is 0 Å². The van der Waals surface area contributed by atoms with E-state index >= 15 is 0 Å². The summed E-state index contributed by atoms with van der Waals surface area (Å²) < 4.78 is 5.46. The molecule has 2 rings (SSSR count). The second-order valence-electron chi connectivity index (χ2n) is 9.52. The van der Waals surface area contributed by atoms with Gasteiger partial charge >= 0.3 is 6.09 Å². The first kappa shape index (κ1) is 25.2. The molecule has 0 saturated carbocycles. The van der Waals surface area contributed by atoms with Crippen molar-refractivity contribution in [2.45, 2.75) is 59.0 Å². The zero-order chi connectivity index (χ0) is 22.9. The van der Waals surface area contributed by atoms with Crippen LogP contribution in [0.2, 0.25) is 0 Å². The summed E-state index contributed by atoms with van der Waals surface area (Å²) in [7, 11) is 0. The molecule has 0 bridgehead atoms. The van der Waals surface area contributed by atoms with Gasteiger partial charge in [-0.1, -0.05) is 0 Å². The lowest BCUT2D eigenvalue weighted by atomic mass is 9.95. The van der Waals surface area contributed by atoms with E-state index < -0.39 is 5.60 Å². The van der Waals surface area contributed by atoms with Gasteiger partial charge in [0.05, 0.1) is 0 Å². The molecule has 9 nitrogen and oxygen atoms in total. The highest BCUT2D eigenvalue weighted by Crippen LogP contribution is 2.19. The quantitative estimate of drug-likeness (QED) is 0.355. The Balaban J connectivity index is 1.74. The zero-order valence-corrected chi connectivity index (χ0v) is 19.9. The van der Waals surface area contributed by atoms with Crippen molar-refractivity contribution in [2.24, 2.45) is 16.6 Å². The second-order valence-corrected chi connectivity index (χ2v) is 9.52. The molecule has 31 heavy (non-hydrogen) atoms. The number of nitrogens with one attached hydrogen (secondary N) is 1. The third-order valence-corrected chi connectivity index (χ3v) is 5.56. The second kappa shape index (κ2) is 12.1. The number of rotatable bonds is 7. The first-order valence-electron chi connectivity index (χ1n) is 11.7. The minimum atomic E-state index is -0.454. The molecule has 0 spiro atoms. The van der Waals surface area contributed by atoms with Crippen molar-refractivity contribution < 1.29 is 14.3 Å². The van der Waals surface area contributed by atoms with Gasteiger partial charge in [-0.05, 0) is 52.9 Å². The topological polar surface area (TPSA) is 104 Å². The van der Waals surface area contributed by atoms with E-state index in [0.29, 0.717) is 25.4 Å². The number of nitrogens with zero attached hydrogens (tertiary/aromatic N) is 4. The number of piperazine rings is 1. The summed E-state index contributed by atoms with van der Waals surface area (Å²) >= 11 is 0. The van der Waals surface area contributed by atoms with Crippen LogP contribution in [-0.2, 0) is 9.53 Å². The Morgan fingerprint density at radius 2 is 1.84 bits per heavy atom. The van der Waals surface area contributed by atoms with E-state index in [1.807, 2.05) is 20.8 Å². The molecular weight excluding hydrogens is 396 g/mol. The van der Waals surface area contributed by atoms with Crippen LogP contribution in [0.1, 0.15) is 53.4 Å². The lowest BCUT2D eigenvalue weighted by Gasteiger charge is -2.35. The number of carbonyl (C=O) groups excluding carboxylic acids is 2. The molecule has 2 aliphatic heterocycles. The van der Waals surface area contributed by atoms with E-state index in [1.54, 1.807) is 4.90 Å². The summed E-state index contributed by atoms with van der Waals surface area (Å²) in [6.07, 6.45) is 3.31. The Morgan fingerprint density at radius 3 is 2.45 bits per heavy atom. The summed E-state index contributed by atoms with van der Waals surface area (Å²) in [5, 5.41) is 3.39. The Morgan fingerprint density at radius 1 is 1.13 bits per heavy atom. The summed E-state index contributed by atoms with van der Waals surface area (Å²) in [5.74, 6) is 1.03. The maximum atomic E-state index is 12.2. The fourth-order valence-corrected chi connectivity index (χ4v) is 4.09. The predicted molar refractivity (Wildman–Crippen MR) is 123 cm³/mol. The maximum Gasteiger partial charge on any atom is 0.410 e. The average molecular weight is 439 g/mol. The van der Waals surface area contributed by atoms with Crippen LogP contribution in [0.15, 0.2) is 4.99 Å². The molecule has 178 valence electrons. The predicted octanol–water partition coefficient (Wildman–Crippen LogP) is 1.48. The smallest absolute Gasteiger partial charge is 0.410 e. The minimum Gasteiger partial charge on any atom is -0.444 e. The van der Waals surface area contributed by atoms with Gasteiger partial charge in [0.15, 0.2) is 5.96 Å². The van der Waals surface area contributed by atoms with Crippen molar-refractivity contribution in [3.63, 3.8) is 0 Å². The van der Waals surface area contributed by atoms with Crippen LogP contribution < -0.4 is 11.1 Å². The highest BCUT2D eigenvalue weighted by atomic mass is 16.6. The number of piperidine rings is 1. The number of primary amides is 1. The molecule has 1 unspecified atom stereocenters. The first-order valence-corrected chi connectivity index (χ1v) is 11.7. The minimum absolute atomic E-state index is 0.219. The Labute approximate surface area is 187 Å². The summed E-state index contributed by atoms with van der Waals surface area (Å²) in [6.45, 7) is 15.2. The van der Waals surface area contributed by atoms with E-state index in [4.69, 9.17) is 15.5 Å². The fraction of sp³-hybridized carbons (Fsp3) is 0.864. The van der Waals surface area contributed by atoms with Gasteiger partial charge < -0.3 is 25.6 Å². The maximum absolute atomic E-state index is 12.2. The third-order valence-electron chi connectivity index (χ3n) is 5.56. The van der Waals surface area contributed by atoms with Gasteiger partial charge in [0.1, 0.15) is 5.60 Å². The molecular formula is C22H42N6O3. The molecule has 0 radical (unpaired) electrons. The molecule has 2 amide bonds. The van der Waals surface area contributed by atoms with Crippen LogP contribution >= 0.6 is 0 Å². The summed E-state index contributed by atoms with van der Waals surface area (Å²) in [6, 6.07) is 0. The molecule has 1 atom stereocenters. The zero-order valence-electron chi connectivity index (χ0n) is 19.9. The van der Waals surface area contributed by atoms with E-state index in [1.165, 1.54) is 0 Å². The van der Waals surface area contributed by atoms with Crippen LogP contribution in [0.3, 0.4) is 0 Å². The number of aliphatic imine (C=N–C) groups is 1. The summed E-state index contributed by atoms with van der Waals surface area (Å²) in [5.41, 5.74) is 4.93. The SMILES string of the molecule is CCNC(=NCCCN1CCN(C(=O)OC(C)(C)C)CC1)N1CCCC(CC(N)=O)C1. The number of nitrogens with two attached hydrogens (primary N) is 1. The number of ether oxygens (including phenoxy) is 1. The molecule has 2 saturated heterocycles. The normalized spacial score (nSPS) is 21.2. The standard InChI is InChI=1S/C22H42N6O3/c1-5-24-20(28-11-6-8-18(17-28)16-19(23)29)25-9-7-10-26-12-14-27(15-13-26)21(30)31-22(2,3)4/h18H,5-17H2,1-4H3,(H2,23,29)(H,24,25). The van der Waals surface area contributed by atoms with Crippen LogP contribution in [-0.4, -0.2) is 97.2 Å². The van der Waals surface area contributed by atoms with Crippen LogP contribution in [0.4, 0.5) is 4.79 Å². The van der Waals surface area contributed by atoms with Gasteiger partial charge in [-0.15, -0.1) is 0 Å². The number of amides is 2. The molecule has 9 heteroatoms. The lowest BCUT2D eigenvalue weighted by molar-refractivity contribution is -0.119. The Kier molecular flexibility index (Phi) is 9.87. The van der Waals surface area contributed by atoms with Crippen molar-refractivity contribution in [3.05, 3.63) is 0 Å². The molecule has 2 fully saturated rings. The Hall–Kier alpha value is -2.03. The monoisotopic (exact) mass is 438 g/mol. The van der Waals surface area contributed by atoms with Crippen molar-refractivity contribution in [2.75, 3.05) is 58.9 Å². The fourth-order valence-electron chi connectivity index (χ4n) is 4.09. The average Bonchev–Trinajstić information content (AvgIpc) is 2.69. The number of guanidine groups is 1. The van der Waals surface area contributed by atoms with Gasteiger partial charge in [-0.3, -0.25) is 14.7 Å². The van der Waals surface area contributed by atoms with Crippen LogP contribution in [0.25, 0.3) is 0 Å². The molecule has 2 aliphatic rings. The number of carbonyl (C=O) groups is 2. The highest BCUT2D eigenvalue weighted by Gasteiger charge is 2.26. The number of hydrogen-bond donors (Lipinski definition) is 2. The highest BCUT2D eigenvalue weighted by molar-refractivity contribution is 5.80. The molecule has 0 aromatic rings. The van der Waals surface area contributed by atoms with Crippen molar-refractivity contribution in [1.29, 1.82) is 0 Å². The van der Waals surface area contributed by atoms with E-state index in [2.05, 4.69) is 22.0 Å². The Bertz CT molecular complexity index is 611. The van der Waals surface area contributed by atoms with Gasteiger partial charge in [-0.2, -0.15) is 0 Å². The lowest BCUT2D eigenvalue weighted by Crippen LogP contribution is -2.50. The van der Waals surface area contributed by atoms with Gasteiger partial charge in [0.25, 0.3) is 0 Å². The van der Waals surface area contributed by atoms with Gasteiger partial charge in [0, 0.05) is 65.3 Å². The summed E-state index contributed by atoms with van der Waals surface area (Å²) in [4.78, 5) is 34.7. The van der Waals surface area contributed by atoms with E-state index in [0.717, 1.165) is 71.0 Å². The number of likely N-dealkylation sites (tertiary alicyclic amines) is 1. The molecule has 3 N–H and O–H groups in total. The van der Waals surface area contributed by atoms with Crippen molar-refractivity contribution >= 4 is 18.0 Å².